The SMILES string of the molecule is COc1ccc2c(Oc3ccc(OCCC4CCCCCN4)cc3)c(O)ccc2c1. The van der Waals surface area contributed by atoms with Crippen molar-refractivity contribution in [1.29, 1.82) is 0 Å². The Morgan fingerprint density at radius 3 is 2.57 bits per heavy atom. The zero-order chi connectivity index (χ0) is 20.8. The first-order valence-electron chi connectivity index (χ1n) is 10.7. The van der Waals surface area contributed by atoms with Crippen LogP contribution in [0.4, 0.5) is 0 Å². The third-order valence-corrected chi connectivity index (χ3v) is 5.60. The molecule has 4 rings (SSSR count). The topological polar surface area (TPSA) is 60.0 Å². The monoisotopic (exact) mass is 407 g/mol. The molecule has 1 fully saturated rings. The molecule has 1 saturated heterocycles. The van der Waals surface area contributed by atoms with Gasteiger partial charge in [0.05, 0.1) is 13.7 Å². The van der Waals surface area contributed by atoms with Crippen molar-refractivity contribution < 1.29 is 19.3 Å². The van der Waals surface area contributed by atoms with E-state index in [1.807, 2.05) is 48.5 Å². The lowest BCUT2D eigenvalue weighted by Gasteiger charge is -2.16. The van der Waals surface area contributed by atoms with Crippen molar-refractivity contribution in [1.82, 2.24) is 5.32 Å². The molecule has 5 heteroatoms. The molecule has 0 amide bonds. The van der Waals surface area contributed by atoms with Gasteiger partial charge in [0, 0.05) is 11.4 Å². The van der Waals surface area contributed by atoms with E-state index >= 15 is 0 Å². The van der Waals surface area contributed by atoms with Crippen molar-refractivity contribution in [2.24, 2.45) is 0 Å². The highest BCUT2D eigenvalue weighted by atomic mass is 16.5. The third-order valence-electron chi connectivity index (χ3n) is 5.60. The van der Waals surface area contributed by atoms with Gasteiger partial charge in [-0.25, -0.2) is 0 Å². The second-order valence-corrected chi connectivity index (χ2v) is 7.71. The predicted octanol–water partition coefficient (Wildman–Crippen LogP) is 5.65. The average Bonchev–Trinajstić information content (AvgIpc) is 3.05. The molecule has 0 aliphatic carbocycles. The molecule has 0 radical (unpaired) electrons. The summed E-state index contributed by atoms with van der Waals surface area (Å²) in [6, 6.07) is 17.2. The van der Waals surface area contributed by atoms with Gasteiger partial charge in [0.25, 0.3) is 0 Å². The summed E-state index contributed by atoms with van der Waals surface area (Å²) in [5.41, 5.74) is 0. The number of hydrogen-bond acceptors (Lipinski definition) is 5. The number of benzene rings is 3. The summed E-state index contributed by atoms with van der Waals surface area (Å²) in [7, 11) is 1.63. The van der Waals surface area contributed by atoms with E-state index in [1.54, 1.807) is 13.2 Å². The number of phenolic OH excluding ortho intramolecular Hbond substituents is 1. The molecule has 0 spiro atoms. The minimum atomic E-state index is 0.101. The Morgan fingerprint density at radius 2 is 1.73 bits per heavy atom. The second kappa shape index (κ2) is 9.72. The molecule has 3 aromatic carbocycles. The molecule has 0 bridgehead atoms. The lowest BCUT2D eigenvalue weighted by atomic mass is 10.1. The van der Waals surface area contributed by atoms with E-state index < -0.39 is 0 Å². The van der Waals surface area contributed by atoms with Gasteiger partial charge in [-0.3, -0.25) is 0 Å². The maximum absolute atomic E-state index is 10.3. The summed E-state index contributed by atoms with van der Waals surface area (Å²) >= 11 is 0. The summed E-state index contributed by atoms with van der Waals surface area (Å²) in [4.78, 5) is 0. The maximum Gasteiger partial charge on any atom is 0.176 e. The Kier molecular flexibility index (Phi) is 6.60. The van der Waals surface area contributed by atoms with Crippen LogP contribution in [0.2, 0.25) is 0 Å². The molecule has 158 valence electrons. The Morgan fingerprint density at radius 1 is 0.933 bits per heavy atom. The molecule has 0 saturated carbocycles. The number of fused-ring (bicyclic) bond motifs is 1. The minimum absolute atomic E-state index is 0.101. The number of aromatic hydroxyl groups is 1. The van der Waals surface area contributed by atoms with Crippen molar-refractivity contribution in [2.75, 3.05) is 20.3 Å². The fourth-order valence-corrected chi connectivity index (χ4v) is 3.89. The van der Waals surface area contributed by atoms with Crippen LogP contribution in [0.25, 0.3) is 10.8 Å². The molecule has 30 heavy (non-hydrogen) atoms. The average molecular weight is 408 g/mol. The second-order valence-electron chi connectivity index (χ2n) is 7.71. The number of methoxy groups -OCH3 is 1. The molecule has 0 aromatic heterocycles. The lowest BCUT2D eigenvalue weighted by molar-refractivity contribution is 0.283. The van der Waals surface area contributed by atoms with E-state index in [4.69, 9.17) is 14.2 Å². The number of rotatable bonds is 7. The van der Waals surface area contributed by atoms with Crippen LogP contribution in [0.3, 0.4) is 0 Å². The van der Waals surface area contributed by atoms with Crippen LogP contribution < -0.4 is 19.5 Å². The summed E-state index contributed by atoms with van der Waals surface area (Å²) in [5.74, 6) is 2.76. The standard InChI is InChI=1S/C25H29NO4/c1-28-22-11-12-23-18(17-22)6-13-24(27)25(23)30-21-9-7-20(8-10-21)29-16-14-19-5-3-2-4-15-26-19/h6-13,17,19,26-27H,2-5,14-16H2,1H3. The third kappa shape index (κ3) is 4.97. The van der Waals surface area contributed by atoms with Gasteiger partial charge < -0.3 is 24.6 Å². The van der Waals surface area contributed by atoms with Crippen molar-refractivity contribution in [3.8, 4) is 28.7 Å². The maximum atomic E-state index is 10.3. The number of hydrogen-bond donors (Lipinski definition) is 2. The normalized spacial score (nSPS) is 16.8. The summed E-state index contributed by atoms with van der Waals surface area (Å²) in [6.07, 6.45) is 6.16. The summed E-state index contributed by atoms with van der Waals surface area (Å²) in [6.45, 7) is 1.81. The van der Waals surface area contributed by atoms with E-state index in [0.29, 0.717) is 24.1 Å². The minimum Gasteiger partial charge on any atom is -0.504 e. The molecule has 1 atom stereocenters. The Bertz CT molecular complexity index is 963. The van der Waals surface area contributed by atoms with Crippen molar-refractivity contribution in [2.45, 2.75) is 38.1 Å². The van der Waals surface area contributed by atoms with Gasteiger partial charge in [-0.1, -0.05) is 18.9 Å². The smallest absolute Gasteiger partial charge is 0.176 e. The predicted molar refractivity (Wildman–Crippen MR) is 119 cm³/mol. The first-order valence-corrected chi connectivity index (χ1v) is 10.7. The molecule has 1 aliphatic rings. The number of ether oxygens (including phenoxy) is 3. The van der Waals surface area contributed by atoms with Crippen LogP contribution in [0.1, 0.15) is 32.1 Å². The fraction of sp³-hybridized carbons (Fsp3) is 0.360. The van der Waals surface area contributed by atoms with E-state index in [0.717, 1.165) is 35.2 Å². The largest absolute Gasteiger partial charge is 0.504 e. The Balaban J connectivity index is 1.39. The molecule has 3 aromatic rings. The molecule has 2 N–H and O–H groups in total. The van der Waals surface area contributed by atoms with E-state index in [2.05, 4.69) is 5.32 Å². The van der Waals surface area contributed by atoms with Gasteiger partial charge in [0.15, 0.2) is 11.5 Å². The van der Waals surface area contributed by atoms with Gasteiger partial charge in [-0.2, -0.15) is 0 Å². The zero-order valence-electron chi connectivity index (χ0n) is 17.4. The number of nitrogens with one attached hydrogen (secondary N) is 1. The first-order chi connectivity index (χ1) is 14.7. The highest BCUT2D eigenvalue weighted by Crippen LogP contribution is 2.39. The molecular formula is C25H29NO4. The highest BCUT2D eigenvalue weighted by Gasteiger charge is 2.12. The fourth-order valence-electron chi connectivity index (χ4n) is 3.89. The van der Waals surface area contributed by atoms with Gasteiger partial charge in [-0.15, -0.1) is 0 Å². The van der Waals surface area contributed by atoms with E-state index in [1.165, 1.54) is 25.7 Å². The van der Waals surface area contributed by atoms with Crippen LogP contribution in [0.5, 0.6) is 28.7 Å². The quantitative estimate of drug-likeness (QED) is 0.530. The number of phenols is 1. The Hall–Kier alpha value is -2.92. The molecule has 1 unspecified atom stereocenters. The zero-order valence-corrected chi connectivity index (χ0v) is 17.4. The van der Waals surface area contributed by atoms with Crippen LogP contribution in [-0.2, 0) is 0 Å². The first kappa shape index (κ1) is 20.4. The van der Waals surface area contributed by atoms with Crippen LogP contribution in [0, 0.1) is 0 Å². The molecular weight excluding hydrogens is 378 g/mol. The highest BCUT2D eigenvalue weighted by molar-refractivity contribution is 5.91. The molecule has 1 aliphatic heterocycles. The van der Waals surface area contributed by atoms with Crippen molar-refractivity contribution in [3.05, 3.63) is 54.6 Å². The lowest BCUT2D eigenvalue weighted by Crippen LogP contribution is -2.29. The van der Waals surface area contributed by atoms with Gasteiger partial charge >= 0.3 is 0 Å². The van der Waals surface area contributed by atoms with Gasteiger partial charge in [-0.05, 0) is 79.7 Å². The van der Waals surface area contributed by atoms with E-state index in [-0.39, 0.29) is 5.75 Å². The summed E-state index contributed by atoms with van der Waals surface area (Å²) in [5, 5.41) is 15.7. The molecule has 1 heterocycles. The van der Waals surface area contributed by atoms with E-state index in [9.17, 15) is 5.11 Å². The van der Waals surface area contributed by atoms with Gasteiger partial charge in [0.2, 0.25) is 0 Å². The Labute approximate surface area is 177 Å². The van der Waals surface area contributed by atoms with Crippen LogP contribution in [0.15, 0.2) is 54.6 Å². The van der Waals surface area contributed by atoms with Crippen LogP contribution in [-0.4, -0.2) is 31.4 Å². The molecule has 5 nitrogen and oxygen atoms in total. The van der Waals surface area contributed by atoms with Crippen molar-refractivity contribution >= 4 is 10.8 Å². The van der Waals surface area contributed by atoms with Gasteiger partial charge in [0.1, 0.15) is 17.2 Å². The van der Waals surface area contributed by atoms with Crippen molar-refractivity contribution in [3.63, 3.8) is 0 Å². The summed E-state index contributed by atoms with van der Waals surface area (Å²) < 4.78 is 17.2. The van der Waals surface area contributed by atoms with Crippen LogP contribution >= 0.6 is 0 Å².